The minimum absolute atomic E-state index is 0.0516. The summed E-state index contributed by atoms with van der Waals surface area (Å²) in [5, 5.41) is 12.1. The summed E-state index contributed by atoms with van der Waals surface area (Å²) in [4.78, 5) is 32.8. The van der Waals surface area contributed by atoms with Crippen molar-refractivity contribution in [2.75, 3.05) is 41.4 Å². The van der Waals surface area contributed by atoms with Gasteiger partial charge in [-0.05, 0) is 37.9 Å². The molecule has 0 spiro atoms. The van der Waals surface area contributed by atoms with Crippen LogP contribution >= 0.6 is 0 Å². The lowest BCUT2D eigenvalue weighted by atomic mass is 9.95. The van der Waals surface area contributed by atoms with E-state index in [1.807, 2.05) is 43.3 Å². The number of likely N-dealkylation sites (N-methyl/N-ethyl adjacent to an activating group) is 1. The summed E-state index contributed by atoms with van der Waals surface area (Å²) >= 11 is 0. The molecular weight excluding hydrogens is 422 g/mol. The van der Waals surface area contributed by atoms with E-state index in [-0.39, 0.29) is 11.3 Å². The first-order valence-corrected chi connectivity index (χ1v) is 10.6. The third-order valence-electron chi connectivity index (χ3n) is 5.90. The molecule has 0 bridgehead atoms. The number of ketones is 1. The number of likely N-dealkylation sites (tertiary alicyclic amines) is 1. The van der Waals surface area contributed by atoms with E-state index in [9.17, 15) is 14.7 Å². The normalized spacial score (nSPS) is 17.8. The molecule has 1 amide bonds. The van der Waals surface area contributed by atoms with Crippen molar-refractivity contribution < 1.29 is 24.2 Å². The number of aromatic nitrogens is 1. The van der Waals surface area contributed by atoms with Gasteiger partial charge in [0.2, 0.25) is 0 Å². The Morgan fingerprint density at radius 2 is 1.82 bits per heavy atom. The van der Waals surface area contributed by atoms with E-state index in [1.165, 1.54) is 19.1 Å². The van der Waals surface area contributed by atoms with Crippen LogP contribution in [-0.4, -0.2) is 73.0 Å². The van der Waals surface area contributed by atoms with Crippen LogP contribution in [-0.2, 0) is 9.59 Å². The quantitative estimate of drug-likeness (QED) is 0.327. The summed E-state index contributed by atoms with van der Waals surface area (Å²) < 4.78 is 10.8. The third-order valence-corrected chi connectivity index (χ3v) is 5.90. The molecule has 8 heteroatoms. The predicted molar refractivity (Wildman–Crippen MR) is 125 cm³/mol. The average molecular weight is 450 g/mol. The van der Waals surface area contributed by atoms with Crippen molar-refractivity contribution in [2.24, 2.45) is 0 Å². The van der Waals surface area contributed by atoms with Gasteiger partial charge in [0.15, 0.2) is 11.5 Å². The molecule has 2 heterocycles. The van der Waals surface area contributed by atoms with Gasteiger partial charge >= 0.3 is 0 Å². The fourth-order valence-corrected chi connectivity index (χ4v) is 4.20. The molecule has 1 aliphatic heterocycles. The van der Waals surface area contributed by atoms with Gasteiger partial charge in [0, 0.05) is 35.8 Å². The highest BCUT2D eigenvalue weighted by atomic mass is 16.5. The number of para-hydroxylation sites is 1. The number of ether oxygens (including phenoxy) is 2. The van der Waals surface area contributed by atoms with E-state index in [2.05, 4.69) is 4.98 Å². The minimum atomic E-state index is -0.765. The van der Waals surface area contributed by atoms with Crippen LogP contribution < -0.4 is 9.47 Å². The van der Waals surface area contributed by atoms with Gasteiger partial charge in [0.1, 0.15) is 5.76 Å². The van der Waals surface area contributed by atoms with E-state index >= 15 is 0 Å². The van der Waals surface area contributed by atoms with Gasteiger partial charge in [-0.1, -0.05) is 24.3 Å². The Labute approximate surface area is 192 Å². The molecule has 1 unspecified atom stereocenters. The molecule has 0 saturated carbocycles. The van der Waals surface area contributed by atoms with Crippen LogP contribution in [0.5, 0.6) is 11.5 Å². The van der Waals surface area contributed by atoms with E-state index in [0.29, 0.717) is 35.7 Å². The number of H-pyrrole nitrogens is 1. The summed E-state index contributed by atoms with van der Waals surface area (Å²) in [6.45, 7) is 0.880. The van der Waals surface area contributed by atoms with Crippen molar-refractivity contribution in [3.8, 4) is 11.5 Å². The van der Waals surface area contributed by atoms with Gasteiger partial charge < -0.3 is 29.4 Å². The number of amides is 1. The molecule has 1 aliphatic rings. The first-order valence-electron chi connectivity index (χ1n) is 10.6. The molecule has 8 nitrogen and oxygen atoms in total. The van der Waals surface area contributed by atoms with Crippen LogP contribution in [0.15, 0.2) is 54.2 Å². The predicted octanol–water partition coefficient (Wildman–Crippen LogP) is 3.17. The van der Waals surface area contributed by atoms with Gasteiger partial charge in [-0.25, -0.2) is 0 Å². The second kappa shape index (κ2) is 8.99. The zero-order chi connectivity index (χ0) is 23.7. The first kappa shape index (κ1) is 22.4. The van der Waals surface area contributed by atoms with Crippen molar-refractivity contribution in [1.29, 1.82) is 0 Å². The number of nitrogens with one attached hydrogen (secondary N) is 1. The van der Waals surface area contributed by atoms with Crippen molar-refractivity contribution in [3.05, 3.63) is 65.4 Å². The second-order valence-corrected chi connectivity index (χ2v) is 8.16. The number of aliphatic hydroxyl groups is 1. The maximum Gasteiger partial charge on any atom is 0.295 e. The molecule has 4 rings (SSSR count). The lowest BCUT2D eigenvalue weighted by Crippen LogP contribution is -2.35. The summed E-state index contributed by atoms with van der Waals surface area (Å²) in [7, 11) is 6.86. The zero-order valence-electron chi connectivity index (χ0n) is 19.1. The number of methoxy groups -OCH3 is 2. The molecule has 1 aromatic heterocycles. The van der Waals surface area contributed by atoms with E-state index in [4.69, 9.17) is 9.47 Å². The first-order chi connectivity index (χ1) is 15.9. The van der Waals surface area contributed by atoms with Crippen LogP contribution in [0.3, 0.4) is 0 Å². The van der Waals surface area contributed by atoms with Crippen LogP contribution in [0.2, 0.25) is 0 Å². The highest BCUT2D eigenvalue weighted by Crippen LogP contribution is 2.42. The number of carbonyl (C=O) groups is 2. The minimum Gasteiger partial charge on any atom is -0.507 e. The number of Topliss-reactive ketones (excluding diaryl/α,β-unsaturated/α-hetero) is 1. The van der Waals surface area contributed by atoms with Gasteiger partial charge in [0.25, 0.3) is 11.7 Å². The molecule has 33 heavy (non-hydrogen) atoms. The standard InChI is InChI=1S/C25H27N3O5/c1-27(2)11-12-28-22(15-9-10-19(32-3)20(13-15)33-4)21(24(30)25(28)31)23(29)17-14-26-18-8-6-5-7-16(17)18/h5-10,13-14,22,26,29H,11-12H2,1-4H3/b23-21+. The zero-order valence-corrected chi connectivity index (χ0v) is 19.1. The second-order valence-electron chi connectivity index (χ2n) is 8.16. The number of hydrogen-bond acceptors (Lipinski definition) is 6. The molecule has 172 valence electrons. The maximum atomic E-state index is 13.2. The number of aromatic amines is 1. The number of carbonyl (C=O) groups excluding carboxylic acids is 2. The maximum absolute atomic E-state index is 13.2. The fraction of sp³-hybridized carbons (Fsp3) is 0.280. The summed E-state index contributed by atoms with van der Waals surface area (Å²) in [5.41, 5.74) is 1.99. The Kier molecular flexibility index (Phi) is 6.11. The number of fused-ring (bicyclic) bond motifs is 1. The highest BCUT2D eigenvalue weighted by molar-refractivity contribution is 6.46. The van der Waals surface area contributed by atoms with Crippen molar-refractivity contribution >= 4 is 28.4 Å². The summed E-state index contributed by atoms with van der Waals surface area (Å²) in [5.74, 6) is -0.560. The average Bonchev–Trinajstić information content (AvgIpc) is 3.36. The molecule has 2 N–H and O–H groups in total. The Balaban J connectivity index is 1.91. The monoisotopic (exact) mass is 449 g/mol. The Morgan fingerprint density at radius 3 is 2.52 bits per heavy atom. The highest BCUT2D eigenvalue weighted by Gasteiger charge is 2.46. The summed E-state index contributed by atoms with van der Waals surface area (Å²) in [6, 6.07) is 12.0. The molecule has 3 aromatic rings. The molecular formula is C25H27N3O5. The molecule has 0 aliphatic carbocycles. The SMILES string of the molecule is COc1ccc(C2/C(=C(\O)c3c[nH]c4ccccc34)C(=O)C(=O)N2CCN(C)C)cc1OC. The molecule has 1 atom stereocenters. The van der Waals surface area contributed by atoms with E-state index < -0.39 is 17.7 Å². The number of hydrogen-bond donors (Lipinski definition) is 2. The van der Waals surface area contributed by atoms with Gasteiger partial charge in [0.05, 0.1) is 25.8 Å². The smallest absolute Gasteiger partial charge is 0.295 e. The topological polar surface area (TPSA) is 95.1 Å². The van der Waals surface area contributed by atoms with Crippen LogP contribution in [0.25, 0.3) is 16.7 Å². The van der Waals surface area contributed by atoms with Crippen LogP contribution in [0, 0.1) is 0 Å². The lowest BCUT2D eigenvalue weighted by Gasteiger charge is -2.27. The van der Waals surface area contributed by atoms with Crippen LogP contribution in [0.1, 0.15) is 17.2 Å². The van der Waals surface area contributed by atoms with E-state index in [0.717, 1.165) is 10.9 Å². The number of rotatable bonds is 7. The van der Waals surface area contributed by atoms with Crippen molar-refractivity contribution in [2.45, 2.75) is 6.04 Å². The van der Waals surface area contributed by atoms with Gasteiger partial charge in [-0.15, -0.1) is 0 Å². The van der Waals surface area contributed by atoms with Crippen molar-refractivity contribution in [1.82, 2.24) is 14.8 Å². The van der Waals surface area contributed by atoms with Gasteiger partial charge in [-0.2, -0.15) is 0 Å². The van der Waals surface area contributed by atoms with Crippen molar-refractivity contribution in [3.63, 3.8) is 0 Å². The molecule has 0 radical (unpaired) electrons. The Morgan fingerprint density at radius 1 is 1.09 bits per heavy atom. The molecule has 1 fully saturated rings. The van der Waals surface area contributed by atoms with E-state index in [1.54, 1.807) is 24.4 Å². The van der Waals surface area contributed by atoms with Gasteiger partial charge in [-0.3, -0.25) is 9.59 Å². The summed E-state index contributed by atoms with van der Waals surface area (Å²) in [6.07, 6.45) is 1.65. The Hall–Kier alpha value is -3.78. The number of aliphatic hydroxyl groups excluding tert-OH is 1. The largest absolute Gasteiger partial charge is 0.507 e. The molecule has 1 saturated heterocycles. The third kappa shape index (κ3) is 3.93. The fourth-order valence-electron chi connectivity index (χ4n) is 4.20. The number of benzene rings is 2. The Bertz CT molecular complexity index is 1240. The molecule has 2 aromatic carbocycles. The number of nitrogens with zero attached hydrogens (tertiary/aromatic N) is 2. The lowest BCUT2D eigenvalue weighted by molar-refractivity contribution is -0.140. The van der Waals surface area contributed by atoms with Crippen LogP contribution in [0.4, 0.5) is 0 Å².